The highest BCUT2D eigenvalue weighted by molar-refractivity contribution is 5.42. The van der Waals surface area contributed by atoms with Crippen LogP contribution in [0.4, 0.5) is 5.69 Å². The van der Waals surface area contributed by atoms with Crippen LogP contribution in [0, 0.1) is 17.2 Å². The second-order valence-electron chi connectivity index (χ2n) is 3.59. The molecule has 0 aliphatic heterocycles. The summed E-state index contributed by atoms with van der Waals surface area (Å²) in [7, 11) is 1.94. The summed E-state index contributed by atoms with van der Waals surface area (Å²) in [6.07, 6.45) is 1.69. The van der Waals surface area contributed by atoms with Gasteiger partial charge in [0.1, 0.15) is 11.8 Å². The average Bonchev–Trinajstić information content (AvgIpc) is 2.27. The van der Waals surface area contributed by atoms with Crippen molar-refractivity contribution in [3.8, 4) is 6.07 Å². The molecule has 4 heteroatoms. The molecule has 1 atom stereocenters. The number of nitrogens with one attached hydrogen (secondary N) is 2. The van der Waals surface area contributed by atoms with Gasteiger partial charge in [0.15, 0.2) is 0 Å². The molecule has 0 aliphatic carbocycles. The van der Waals surface area contributed by atoms with Crippen molar-refractivity contribution in [2.45, 2.75) is 6.92 Å². The lowest BCUT2D eigenvalue weighted by atomic mass is 10.2. The van der Waals surface area contributed by atoms with Gasteiger partial charge in [0.05, 0.1) is 11.9 Å². The fourth-order valence-electron chi connectivity index (χ4n) is 1.28. The fraction of sp³-hybridized carbons (Fsp3) is 0.455. The number of pyridine rings is 1. The molecule has 0 radical (unpaired) electrons. The Morgan fingerprint density at radius 2 is 2.27 bits per heavy atom. The highest BCUT2D eigenvalue weighted by atomic mass is 14.9. The van der Waals surface area contributed by atoms with E-state index in [1.54, 1.807) is 12.3 Å². The molecule has 2 N–H and O–H groups in total. The Balaban J connectivity index is 2.41. The molecule has 0 amide bonds. The maximum Gasteiger partial charge on any atom is 0.140 e. The van der Waals surface area contributed by atoms with Crippen molar-refractivity contribution in [3.05, 3.63) is 24.0 Å². The molecule has 1 unspecified atom stereocenters. The predicted molar refractivity (Wildman–Crippen MR) is 60.5 cm³/mol. The number of rotatable bonds is 5. The van der Waals surface area contributed by atoms with Crippen molar-refractivity contribution in [2.24, 2.45) is 5.92 Å². The van der Waals surface area contributed by atoms with Crippen LogP contribution in [0.25, 0.3) is 0 Å². The van der Waals surface area contributed by atoms with Crippen molar-refractivity contribution in [1.82, 2.24) is 10.3 Å². The molecule has 0 aromatic carbocycles. The van der Waals surface area contributed by atoms with Gasteiger partial charge in [-0.3, -0.25) is 0 Å². The number of anilines is 1. The average molecular weight is 204 g/mol. The van der Waals surface area contributed by atoms with Crippen LogP contribution in [-0.2, 0) is 0 Å². The van der Waals surface area contributed by atoms with Crippen molar-refractivity contribution in [3.63, 3.8) is 0 Å². The number of hydrogen-bond acceptors (Lipinski definition) is 4. The van der Waals surface area contributed by atoms with Crippen molar-refractivity contribution in [2.75, 3.05) is 25.5 Å². The summed E-state index contributed by atoms with van der Waals surface area (Å²) in [4.78, 5) is 3.98. The Morgan fingerprint density at radius 1 is 1.47 bits per heavy atom. The van der Waals surface area contributed by atoms with Crippen LogP contribution in [0.1, 0.15) is 12.6 Å². The van der Waals surface area contributed by atoms with Crippen LogP contribution in [0.3, 0.4) is 0 Å². The molecule has 80 valence electrons. The van der Waals surface area contributed by atoms with E-state index in [0.29, 0.717) is 11.6 Å². The largest absolute Gasteiger partial charge is 0.383 e. The fourth-order valence-corrected chi connectivity index (χ4v) is 1.28. The summed E-state index contributed by atoms with van der Waals surface area (Å²) in [6.45, 7) is 4.05. The summed E-state index contributed by atoms with van der Waals surface area (Å²) < 4.78 is 0. The van der Waals surface area contributed by atoms with E-state index in [9.17, 15) is 0 Å². The van der Waals surface area contributed by atoms with Crippen LogP contribution in [0.15, 0.2) is 18.3 Å². The van der Waals surface area contributed by atoms with Crippen molar-refractivity contribution < 1.29 is 0 Å². The molecular weight excluding hydrogens is 188 g/mol. The van der Waals surface area contributed by atoms with E-state index in [1.807, 2.05) is 19.2 Å². The highest BCUT2D eigenvalue weighted by Crippen LogP contribution is 2.06. The number of aromatic nitrogens is 1. The van der Waals surface area contributed by atoms with Gasteiger partial charge in [-0.05, 0) is 31.6 Å². The Hall–Kier alpha value is -1.60. The van der Waals surface area contributed by atoms with Crippen LogP contribution >= 0.6 is 0 Å². The van der Waals surface area contributed by atoms with Gasteiger partial charge in [-0.25, -0.2) is 4.98 Å². The first-order valence-corrected chi connectivity index (χ1v) is 5.01. The topological polar surface area (TPSA) is 60.7 Å². The minimum atomic E-state index is 0.448. The van der Waals surface area contributed by atoms with Crippen LogP contribution in [-0.4, -0.2) is 25.1 Å². The van der Waals surface area contributed by atoms with E-state index in [-0.39, 0.29) is 0 Å². The van der Waals surface area contributed by atoms with Crippen LogP contribution in [0.2, 0.25) is 0 Å². The third-order valence-corrected chi connectivity index (χ3v) is 2.09. The lowest BCUT2D eigenvalue weighted by Gasteiger charge is -2.12. The molecule has 1 heterocycles. The summed E-state index contributed by atoms with van der Waals surface area (Å²) in [5, 5.41) is 15.0. The van der Waals surface area contributed by atoms with E-state index in [2.05, 4.69) is 22.5 Å². The Bertz CT molecular complexity index is 325. The zero-order valence-corrected chi connectivity index (χ0v) is 9.12. The standard InChI is InChI=1S/C11H16N4/c1-9(6-13-2)7-14-11-4-3-10(5-12)15-8-11/h3-4,8-9,13-14H,6-7H2,1-2H3. The van der Waals surface area contributed by atoms with E-state index in [0.717, 1.165) is 18.8 Å². The normalized spacial score (nSPS) is 11.8. The first-order chi connectivity index (χ1) is 7.26. The molecule has 4 nitrogen and oxygen atoms in total. The van der Waals surface area contributed by atoms with Gasteiger partial charge in [-0.15, -0.1) is 0 Å². The minimum absolute atomic E-state index is 0.448. The van der Waals surface area contributed by atoms with Gasteiger partial charge >= 0.3 is 0 Å². The van der Waals surface area contributed by atoms with Crippen LogP contribution in [0.5, 0.6) is 0 Å². The quantitative estimate of drug-likeness (QED) is 0.757. The molecule has 1 rings (SSSR count). The second kappa shape index (κ2) is 5.99. The number of hydrogen-bond donors (Lipinski definition) is 2. The van der Waals surface area contributed by atoms with Gasteiger partial charge in [-0.1, -0.05) is 6.92 Å². The maximum absolute atomic E-state index is 8.58. The molecule has 0 bridgehead atoms. The highest BCUT2D eigenvalue weighted by Gasteiger charge is 2.00. The summed E-state index contributed by atoms with van der Waals surface area (Å²) in [5.74, 6) is 0.561. The molecular formula is C11H16N4. The third kappa shape index (κ3) is 3.96. The Morgan fingerprint density at radius 3 is 2.80 bits per heavy atom. The molecule has 0 saturated heterocycles. The molecule has 0 spiro atoms. The lowest BCUT2D eigenvalue weighted by molar-refractivity contribution is 0.569. The molecule has 1 aromatic rings. The van der Waals surface area contributed by atoms with Gasteiger partial charge in [0.2, 0.25) is 0 Å². The second-order valence-corrected chi connectivity index (χ2v) is 3.59. The van der Waals surface area contributed by atoms with Crippen molar-refractivity contribution >= 4 is 5.69 Å². The van der Waals surface area contributed by atoms with E-state index in [4.69, 9.17) is 5.26 Å². The summed E-state index contributed by atoms with van der Waals surface area (Å²) in [5.41, 5.74) is 1.40. The SMILES string of the molecule is CNCC(C)CNc1ccc(C#N)nc1. The van der Waals surface area contributed by atoms with Crippen molar-refractivity contribution in [1.29, 1.82) is 5.26 Å². The smallest absolute Gasteiger partial charge is 0.140 e. The first-order valence-electron chi connectivity index (χ1n) is 5.01. The molecule has 0 aliphatic rings. The van der Waals surface area contributed by atoms with E-state index in [1.165, 1.54) is 0 Å². The summed E-state index contributed by atoms with van der Waals surface area (Å²) >= 11 is 0. The zero-order chi connectivity index (χ0) is 11.1. The molecule has 0 saturated carbocycles. The van der Waals surface area contributed by atoms with Crippen LogP contribution < -0.4 is 10.6 Å². The number of nitrogens with zero attached hydrogens (tertiary/aromatic N) is 2. The minimum Gasteiger partial charge on any atom is -0.383 e. The number of nitriles is 1. The van der Waals surface area contributed by atoms with Gasteiger partial charge in [0.25, 0.3) is 0 Å². The molecule has 15 heavy (non-hydrogen) atoms. The zero-order valence-electron chi connectivity index (χ0n) is 9.12. The Labute approximate surface area is 90.3 Å². The lowest BCUT2D eigenvalue weighted by Crippen LogP contribution is -2.22. The maximum atomic E-state index is 8.58. The summed E-state index contributed by atoms with van der Waals surface area (Å²) in [6, 6.07) is 5.58. The monoisotopic (exact) mass is 204 g/mol. The molecule has 1 aromatic heterocycles. The van der Waals surface area contributed by atoms with E-state index < -0.39 is 0 Å². The molecule has 0 fully saturated rings. The van der Waals surface area contributed by atoms with E-state index >= 15 is 0 Å². The van der Waals surface area contributed by atoms with Gasteiger partial charge in [-0.2, -0.15) is 5.26 Å². The Kier molecular flexibility index (Phi) is 4.58. The third-order valence-electron chi connectivity index (χ3n) is 2.09. The van der Waals surface area contributed by atoms with Gasteiger partial charge < -0.3 is 10.6 Å². The first kappa shape index (κ1) is 11.5. The predicted octanol–water partition coefficient (Wildman–Crippen LogP) is 1.22. The van der Waals surface area contributed by atoms with Gasteiger partial charge in [0, 0.05) is 6.54 Å².